The Hall–Kier alpha value is -1.92. The first-order valence-corrected chi connectivity index (χ1v) is 10.5. The summed E-state index contributed by atoms with van der Waals surface area (Å²) in [6.07, 6.45) is 9.24. The van der Waals surface area contributed by atoms with E-state index in [2.05, 4.69) is 10.4 Å². The summed E-state index contributed by atoms with van der Waals surface area (Å²) in [5.74, 6) is -0.220. The molecule has 1 amide bonds. The van der Waals surface area contributed by atoms with Gasteiger partial charge in [-0.1, -0.05) is 25.0 Å². The highest BCUT2D eigenvalue weighted by Crippen LogP contribution is 2.25. The third-order valence-electron chi connectivity index (χ3n) is 6.03. The molecule has 1 aliphatic carbocycles. The molecule has 1 saturated carbocycles. The molecule has 2 fully saturated rings. The van der Waals surface area contributed by atoms with E-state index in [0.717, 1.165) is 57.2 Å². The van der Waals surface area contributed by atoms with E-state index < -0.39 is 0 Å². The van der Waals surface area contributed by atoms with Crippen LogP contribution in [0.25, 0.3) is 0 Å². The van der Waals surface area contributed by atoms with Gasteiger partial charge in [0.2, 0.25) is 0 Å². The summed E-state index contributed by atoms with van der Waals surface area (Å²) < 4.78 is 15.4. The molecule has 7 heteroatoms. The van der Waals surface area contributed by atoms with Crippen molar-refractivity contribution in [3.05, 3.63) is 53.6 Å². The first kappa shape index (κ1) is 21.8. The number of amides is 1. The summed E-state index contributed by atoms with van der Waals surface area (Å²) in [5, 5.41) is 8.02. The summed E-state index contributed by atoms with van der Waals surface area (Å²) >= 11 is 0. The zero-order valence-corrected chi connectivity index (χ0v) is 17.5. The fraction of sp³-hybridized carbons (Fsp3) is 0.545. The van der Waals surface area contributed by atoms with Crippen molar-refractivity contribution in [2.24, 2.45) is 0 Å². The third kappa shape index (κ3) is 5.37. The first-order valence-electron chi connectivity index (χ1n) is 10.5. The molecule has 5 nitrogen and oxygen atoms in total. The number of halogens is 2. The molecule has 2 aliphatic rings. The summed E-state index contributed by atoms with van der Waals surface area (Å²) in [4.78, 5) is 15.3. The van der Waals surface area contributed by atoms with Crippen LogP contribution in [0, 0.1) is 5.82 Å². The molecule has 0 radical (unpaired) electrons. The van der Waals surface area contributed by atoms with E-state index in [9.17, 15) is 9.18 Å². The number of benzene rings is 1. The van der Waals surface area contributed by atoms with Crippen molar-refractivity contribution in [1.29, 1.82) is 0 Å². The Kier molecular flexibility index (Phi) is 7.67. The van der Waals surface area contributed by atoms with Crippen LogP contribution in [0.1, 0.15) is 60.6 Å². The SMILES string of the molecule is Cl.O=C(c1ccn(C2CCCNC2)n1)N(CCc1cccc(F)c1)C1CCCC1. The van der Waals surface area contributed by atoms with Crippen LogP contribution in [-0.4, -0.2) is 46.3 Å². The summed E-state index contributed by atoms with van der Waals surface area (Å²) in [7, 11) is 0. The molecule has 2 heterocycles. The zero-order valence-electron chi connectivity index (χ0n) is 16.7. The normalized spacial score (nSPS) is 19.7. The standard InChI is InChI=1S/C22H29FN4O.ClH/c23-18-6-3-5-17(15-18)10-13-26(19-7-1-2-8-19)22(28)21-11-14-27(25-21)20-9-4-12-24-16-20;/h3,5-6,11,14-15,19-20,24H,1-2,4,7-10,12-13,16H2;1H. The summed E-state index contributed by atoms with van der Waals surface area (Å²) in [6, 6.07) is 9.10. The van der Waals surface area contributed by atoms with E-state index in [1.54, 1.807) is 12.1 Å². The van der Waals surface area contributed by atoms with Crippen molar-refractivity contribution in [2.45, 2.75) is 57.0 Å². The second-order valence-corrected chi connectivity index (χ2v) is 8.00. The fourth-order valence-corrected chi connectivity index (χ4v) is 4.47. The summed E-state index contributed by atoms with van der Waals surface area (Å²) in [6.45, 7) is 2.56. The second-order valence-electron chi connectivity index (χ2n) is 8.00. The lowest BCUT2D eigenvalue weighted by Gasteiger charge is -2.28. The van der Waals surface area contributed by atoms with Crippen LogP contribution in [0.4, 0.5) is 4.39 Å². The van der Waals surface area contributed by atoms with Gasteiger partial charge in [0.05, 0.1) is 6.04 Å². The Balaban J connectivity index is 0.00000240. The van der Waals surface area contributed by atoms with E-state index in [0.29, 0.717) is 24.7 Å². The van der Waals surface area contributed by atoms with E-state index in [4.69, 9.17) is 0 Å². The molecule has 0 bridgehead atoms. The molecule has 1 aromatic heterocycles. The largest absolute Gasteiger partial charge is 0.334 e. The molecule has 158 valence electrons. The van der Waals surface area contributed by atoms with Crippen molar-refractivity contribution in [3.8, 4) is 0 Å². The van der Waals surface area contributed by atoms with Crippen LogP contribution in [0.2, 0.25) is 0 Å². The maximum atomic E-state index is 13.5. The van der Waals surface area contributed by atoms with Crippen LogP contribution < -0.4 is 5.32 Å². The number of piperidine rings is 1. The van der Waals surface area contributed by atoms with E-state index in [1.165, 1.54) is 6.07 Å². The predicted octanol–water partition coefficient (Wildman–Crippen LogP) is 4.00. The average Bonchev–Trinajstić information content (AvgIpc) is 3.41. The molecule has 1 N–H and O–H groups in total. The van der Waals surface area contributed by atoms with Crippen molar-refractivity contribution >= 4 is 18.3 Å². The number of aromatic nitrogens is 2. The number of nitrogens with zero attached hydrogens (tertiary/aromatic N) is 3. The number of hydrogen-bond donors (Lipinski definition) is 1. The number of carbonyl (C=O) groups excluding carboxylic acids is 1. The summed E-state index contributed by atoms with van der Waals surface area (Å²) in [5.41, 5.74) is 1.45. The Labute approximate surface area is 178 Å². The smallest absolute Gasteiger partial charge is 0.274 e. The lowest BCUT2D eigenvalue weighted by atomic mass is 10.1. The minimum absolute atomic E-state index is 0. The highest BCUT2D eigenvalue weighted by molar-refractivity contribution is 5.92. The van der Waals surface area contributed by atoms with Gasteiger partial charge >= 0.3 is 0 Å². The van der Waals surface area contributed by atoms with Crippen molar-refractivity contribution < 1.29 is 9.18 Å². The molecule has 1 atom stereocenters. The average molecular weight is 421 g/mol. The first-order chi connectivity index (χ1) is 13.7. The van der Waals surface area contributed by atoms with Gasteiger partial charge in [0, 0.05) is 25.3 Å². The Morgan fingerprint density at radius 3 is 2.76 bits per heavy atom. The highest BCUT2D eigenvalue weighted by Gasteiger charge is 2.29. The monoisotopic (exact) mass is 420 g/mol. The molecule has 1 saturated heterocycles. The van der Waals surface area contributed by atoms with Gasteiger partial charge in [-0.3, -0.25) is 9.48 Å². The van der Waals surface area contributed by atoms with Gasteiger partial charge in [0.25, 0.3) is 5.91 Å². The van der Waals surface area contributed by atoms with Crippen molar-refractivity contribution in [3.63, 3.8) is 0 Å². The van der Waals surface area contributed by atoms with Crippen LogP contribution in [0.3, 0.4) is 0 Å². The topological polar surface area (TPSA) is 50.2 Å². The molecule has 0 spiro atoms. The number of rotatable bonds is 6. The minimum atomic E-state index is -0.226. The lowest BCUT2D eigenvalue weighted by molar-refractivity contribution is 0.0676. The maximum Gasteiger partial charge on any atom is 0.274 e. The van der Waals surface area contributed by atoms with Crippen LogP contribution in [0.15, 0.2) is 36.5 Å². The number of hydrogen-bond acceptors (Lipinski definition) is 3. The van der Waals surface area contributed by atoms with E-state index in [-0.39, 0.29) is 30.2 Å². The highest BCUT2D eigenvalue weighted by atomic mass is 35.5. The van der Waals surface area contributed by atoms with E-state index in [1.807, 2.05) is 27.9 Å². The fourth-order valence-electron chi connectivity index (χ4n) is 4.47. The molecule has 1 aromatic carbocycles. The van der Waals surface area contributed by atoms with Gasteiger partial charge < -0.3 is 10.2 Å². The Morgan fingerprint density at radius 1 is 1.21 bits per heavy atom. The van der Waals surface area contributed by atoms with Gasteiger partial charge in [-0.05, 0) is 62.4 Å². The molecule has 4 rings (SSSR count). The maximum absolute atomic E-state index is 13.5. The minimum Gasteiger partial charge on any atom is -0.334 e. The zero-order chi connectivity index (χ0) is 19.3. The molecule has 29 heavy (non-hydrogen) atoms. The number of carbonyl (C=O) groups is 1. The molecule has 1 unspecified atom stereocenters. The molecule has 2 aromatic rings. The number of nitrogens with one attached hydrogen (secondary N) is 1. The van der Waals surface area contributed by atoms with E-state index >= 15 is 0 Å². The third-order valence-corrected chi connectivity index (χ3v) is 6.03. The van der Waals surface area contributed by atoms with Gasteiger partial charge in [-0.2, -0.15) is 5.10 Å². The van der Waals surface area contributed by atoms with Crippen LogP contribution in [0.5, 0.6) is 0 Å². The lowest BCUT2D eigenvalue weighted by Crippen LogP contribution is -2.40. The van der Waals surface area contributed by atoms with Crippen LogP contribution in [-0.2, 0) is 6.42 Å². The van der Waals surface area contributed by atoms with Gasteiger partial charge in [-0.25, -0.2) is 4.39 Å². The van der Waals surface area contributed by atoms with Gasteiger partial charge in [0.15, 0.2) is 0 Å². The molecule has 1 aliphatic heterocycles. The Morgan fingerprint density at radius 2 is 2.03 bits per heavy atom. The quantitative estimate of drug-likeness (QED) is 0.768. The van der Waals surface area contributed by atoms with Crippen LogP contribution >= 0.6 is 12.4 Å². The van der Waals surface area contributed by atoms with Gasteiger partial charge in [-0.15, -0.1) is 12.4 Å². The van der Waals surface area contributed by atoms with Crippen molar-refractivity contribution in [1.82, 2.24) is 20.0 Å². The predicted molar refractivity (Wildman–Crippen MR) is 114 cm³/mol. The Bertz CT molecular complexity index is 800. The second kappa shape index (κ2) is 10.2. The molecular formula is C22H30ClFN4O. The van der Waals surface area contributed by atoms with Gasteiger partial charge in [0.1, 0.15) is 11.5 Å². The molecular weight excluding hydrogens is 391 g/mol. The van der Waals surface area contributed by atoms with Crippen molar-refractivity contribution in [2.75, 3.05) is 19.6 Å².